The number of hydrogen-bond acceptors (Lipinski definition) is 6. The SMILES string of the molecule is CC(C)Nc1nnc(SC(C)C(=O)Nc2cc(Cl)cc(Cl)c2)s1. The molecule has 0 aliphatic carbocycles. The molecule has 0 aliphatic rings. The second-order valence-corrected chi connectivity index (χ2v) is 8.52. The van der Waals surface area contributed by atoms with Crippen LogP contribution in [0.4, 0.5) is 10.8 Å². The molecule has 2 N–H and O–H groups in total. The highest BCUT2D eigenvalue weighted by atomic mass is 35.5. The molecule has 1 aromatic heterocycles. The van der Waals surface area contributed by atoms with Crippen molar-refractivity contribution in [1.29, 1.82) is 0 Å². The number of anilines is 2. The maximum Gasteiger partial charge on any atom is 0.237 e. The van der Waals surface area contributed by atoms with Gasteiger partial charge in [-0.2, -0.15) is 0 Å². The molecule has 9 heteroatoms. The lowest BCUT2D eigenvalue weighted by atomic mass is 10.3. The Morgan fingerprint density at radius 3 is 2.43 bits per heavy atom. The molecule has 2 aromatic rings. The largest absolute Gasteiger partial charge is 0.358 e. The molecular formula is C14H16Cl2N4OS2. The normalized spacial score (nSPS) is 12.3. The standard InChI is InChI=1S/C14H16Cl2N4OS2/c1-7(2)17-13-19-20-14(23-13)22-8(3)12(21)18-11-5-9(15)4-10(16)6-11/h4-8H,1-3H3,(H,17,19)(H,18,21). The first kappa shape index (κ1) is 18.3. The highest BCUT2D eigenvalue weighted by molar-refractivity contribution is 8.02. The molecule has 1 aromatic carbocycles. The Kier molecular flexibility index (Phi) is 6.52. The number of hydrogen-bond donors (Lipinski definition) is 2. The highest BCUT2D eigenvalue weighted by Crippen LogP contribution is 2.30. The molecule has 124 valence electrons. The van der Waals surface area contributed by atoms with Crippen molar-refractivity contribution in [3.63, 3.8) is 0 Å². The average molecular weight is 391 g/mol. The van der Waals surface area contributed by atoms with Gasteiger partial charge in [-0.1, -0.05) is 46.3 Å². The summed E-state index contributed by atoms with van der Waals surface area (Å²) in [6.45, 7) is 5.86. The first-order valence-corrected chi connectivity index (χ1v) is 9.32. The first-order chi connectivity index (χ1) is 10.8. The van der Waals surface area contributed by atoms with Gasteiger partial charge in [-0.3, -0.25) is 4.79 Å². The van der Waals surface area contributed by atoms with Crippen LogP contribution in [0.2, 0.25) is 10.0 Å². The minimum Gasteiger partial charge on any atom is -0.358 e. The van der Waals surface area contributed by atoms with Gasteiger partial charge >= 0.3 is 0 Å². The monoisotopic (exact) mass is 390 g/mol. The van der Waals surface area contributed by atoms with Crippen molar-refractivity contribution in [2.75, 3.05) is 10.6 Å². The molecule has 0 saturated heterocycles. The third-order valence-corrected chi connectivity index (χ3v) is 5.07. The predicted molar refractivity (Wildman–Crippen MR) is 99.1 cm³/mol. The van der Waals surface area contributed by atoms with E-state index < -0.39 is 0 Å². The van der Waals surface area contributed by atoms with Crippen molar-refractivity contribution in [3.8, 4) is 0 Å². The summed E-state index contributed by atoms with van der Waals surface area (Å²) in [4.78, 5) is 12.2. The molecule has 2 rings (SSSR count). The van der Waals surface area contributed by atoms with Crippen LogP contribution in [-0.4, -0.2) is 27.4 Å². The van der Waals surface area contributed by atoms with Crippen molar-refractivity contribution in [1.82, 2.24) is 10.2 Å². The number of amides is 1. The van der Waals surface area contributed by atoms with Crippen LogP contribution in [0.1, 0.15) is 20.8 Å². The number of aromatic nitrogens is 2. The number of carbonyl (C=O) groups excluding carboxylic acids is 1. The van der Waals surface area contributed by atoms with Crippen molar-refractivity contribution in [2.45, 2.75) is 36.4 Å². The fourth-order valence-electron chi connectivity index (χ4n) is 1.64. The van der Waals surface area contributed by atoms with Gasteiger partial charge in [-0.25, -0.2) is 0 Å². The van der Waals surface area contributed by atoms with E-state index in [1.165, 1.54) is 23.1 Å². The van der Waals surface area contributed by atoms with E-state index in [4.69, 9.17) is 23.2 Å². The lowest BCUT2D eigenvalue weighted by Gasteiger charge is -2.11. The zero-order chi connectivity index (χ0) is 17.0. The zero-order valence-electron chi connectivity index (χ0n) is 12.8. The van der Waals surface area contributed by atoms with Gasteiger partial charge in [0.05, 0.1) is 5.25 Å². The van der Waals surface area contributed by atoms with Crippen molar-refractivity contribution < 1.29 is 4.79 Å². The average Bonchev–Trinajstić information content (AvgIpc) is 2.83. The van der Waals surface area contributed by atoms with Gasteiger partial charge in [-0.05, 0) is 39.0 Å². The Labute approximate surface area is 153 Å². The Hall–Kier alpha value is -1.02. The summed E-state index contributed by atoms with van der Waals surface area (Å²) < 4.78 is 0.736. The highest BCUT2D eigenvalue weighted by Gasteiger charge is 2.18. The number of benzene rings is 1. The summed E-state index contributed by atoms with van der Waals surface area (Å²) >= 11 is 14.6. The quantitative estimate of drug-likeness (QED) is 0.694. The minimum absolute atomic E-state index is 0.151. The van der Waals surface area contributed by atoms with E-state index in [0.29, 0.717) is 15.7 Å². The van der Waals surface area contributed by atoms with Crippen LogP contribution in [0.15, 0.2) is 22.5 Å². The van der Waals surface area contributed by atoms with Gasteiger partial charge in [0.1, 0.15) is 0 Å². The molecule has 5 nitrogen and oxygen atoms in total. The van der Waals surface area contributed by atoms with Gasteiger partial charge in [0.25, 0.3) is 0 Å². The fourth-order valence-corrected chi connectivity index (χ4v) is 4.21. The van der Waals surface area contributed by atoms with Gasteiger partial charge in [0, 0.05) is 21.8 Å². The number of nitrogens with one attached hydrogen (secondary N) is 2. The van der Waals surface area contributed by atoms with Crippen LogP contribution in [-0.2, 0) is 4.79 Å². The summed E-state index contributed by atoms with van der Waals surface area (Å²) in [5.41, 5.74) is 0.569. The topological polar surface area (TPSA) is 66.9 Å². The second-order valence-electron chi connectivity index (χ2n) is 5.08. The maximum atomic E-state index is 12.2. The van der Waals surface area contributed by atoms with Gasteiger partial charge < -0.3 is 10.6 Å². The molecular weight excluding hydrogens is 375 g/mol. The molecule has 23 heavy (non-hydrogen) atoms. The van der Waals surface area contributed by atoms with E-state index in [-0.39, 0.29) is 17.2 Å². The van der Waals surface area contributed by atoms with E-state index in [0.717, 1.165) is 9.47 Å². The summed E-state index contributed by atoms with van der Waals surface area (Å²) in [5, 5.41) is 15.5. The summed E-state index contributed by atoms with van der Waals surface area (Å²) in [5.74, 6) is -0.151. The number of thioether (sulfide) groups is 1. The number of halogens is 2. The summed E-state index contributed by atoms with van der Waals surface area (Å²) in [6, 6.07) is 5.20. The third kappa shape index (κ3) is 5.84. The predicted octanol–water partition coefficient (Wildman–Crippen LogP) is 4.78. The van der Waals surface area contributed by atoms with Crippen LogP contribution in [0.25, 0.3) is 0 Å². The van der Waals surface area contributed by atoms with Crippen molar-refractivity contribution in [3.05, 3.63) is 28.2 Å². The first-order valence-electron chi connectivity index (χ1n) is 6.87. The van der Waals surface area contributed by atoms with Crippen LogP contribution >= 0.6 is 46.3 Å². The van der Waals surface area contributed by atoms with E-state index >= 15 is 0 Å². The molecule has 1 unspecified atom stereocenters. The second kappa shape index (κ2) is 8.19. The van der Waals surface area contributed by atoms with Crippen molar-refractivity contribution >= 4 is 63.0 Å². The zero-order valence-corrected chi connectivity index (χ0v) is 15.9. The Balaban J connectivity index is 1.95. The van der Waals surface area contributed by atoms with E-state index in [9.17, 15) is 4.79 Å². The Morgan fingerprint density at radius 2 is 1.83 bits per heavy atom. The molecule has 0 saturated carbocycles. The molecule has 0 radical (unpaired) electrons. The number of rotatable bonds is 6. The van der Waals surface area contributed by atoms with Crippen LogP contribution in [0, 0.1) is 0 Å². The van der Waals surface area contributed by atoms with E-state index in [2.05, 4.69) is 20.8 Å². The maximum absolute atomic E-state index is 12.2. The fraction of sp³-hybridized carbons (Fsp3) is 0.357. The van der Waals surface area contributed by atoms with Gasteiger partial charge in [-0.15, -0.1) is 10.2 Å². The lowest BCUT2D eigenvalue weighted by Crippen LogP contribution is -2.22. The van der Waals surface area contributed by atoms with E-state index in [1.54, 1.807) is 18.2 Å². The van der Waals surface area contributed by atoms with Crippen LogP contribution < -0.4 is 10.6 Å². The van der Waals surface area contributed by atoms with Gasteiger partial charge in [0.15, 0.2) is 4.34 Å². The molecule has 0 spiro atoms. The molecule has 1 heterocycles. The smallest absolute Gasteiger partial charge is 0.237 e. The third-order valence-electron chi connectivity index (χ3n) is 2.60. The van der Waals surface area contributed by atoms with Crippen molar-refractivity contribution in [2.24, 2.45) is 0 Å². The van der Waals surface area contributed by atoms with Gasteiger partial charge in [0.2, 0.25) is 11.0 Å². The Bertz CT molecular complexity index is 673. The molecule has 0 aliphatic heterocycles. The summed E-state index contributed by atoms with van der Waals surface area (Å²) in [6.07, 6.45) is 0. The molecule has 0 bridgehead atoms. The number of carbonyl (C=O) groups is 1. The Morgan fingerprint density at radius 1 is 1.17 bits per heavy atom. The number of nitrogens with zero attached hydrogens (tertiary/aromatic N) is 2. The van der Waals surface area contributed by atoms with Crippen LogP contribution in [0.3, 0.4) is 0 Å². The minimum atomic E-state index is -0.326. The summed E-state index contributed by atoms with van der Waals surface area (Å²) in [7, 11) is 0. The molecule has 1 amide bonds. The van der Waals surface area contributed by atoms with Crippen LogP contribution in [0.5, 0.6) is 0 Å². The lowest BCUT2D eigenvalue weighted by molar-refractivity contribution is -0.115. The van der Waals surface area contributed by atoms with E-state index in [1.807, 2.05) is 20.8 Å². The molecule has 0 fully saturated rings. The molecule has 1 atom stereocenters.